The minimum atomic E-state index is 0.568. The molecule has 0 unspecified atom stereocenters. The Morgan fingerprint density at radius 2 is 0.319 bits per heavy atom. The van der Waals surface area contributed by atoms with E-state index in [1.54, 1.807) is 0 Å². The van der Waals surface area contributed by atoms with Crippen molar-refractivity contribution < 1.29 is 33.2 Å². The van der Waals surface area contributed by atoms with E-state index in [4.69, 9.17) is 33.2 Å². The highest BCUT2D eigenvalue weighted by Crippen LogP contribution is 2.14. The van der Waals surface area contributed by atoms with Crippen molar-refractivity contribution in [3.05, 3.63) is 0 Å². The molecule has 0 aromatic rings. The molecule has 0 aliphatic carbocycles. The van der Waals surface area contributed by atoms with E-state index in [9.17, 15) is 0 Å². The van der Waals surface area contributed by atoms with Crippen molar-refractivity contribution >= 4 is 0 Å². The highest BCUT2D eigenvalue weighted by Gasteiger charge is 1.97. The molecular formula is C40H82O7. The molecule has 0 bridgehead atoms. The van der Waals surface area contributed by atoms with Crippen LogP contribution in [-0.4, -0.2) is 92.5 Å². The highest BCUT2D eigenvalue weighted by atomic mass is 16.6. The lowest BCUT2D eigenvalue weighted by Gasteiger charge is -2.08. The zero-order valence-corrected chi connectivity index (χ0v) is 31.7. The summed E-state index contributed by atoms with van der Waals surface area (Å²) in [5.74, 6) is 0. The largest absolute Gasteiger partial charge is 0.379 e. The summed E-state index contributed by atoms with van der Waals surface area (Å²) in [7, 11) is 0. The zero-order valence-electron chi connectivity index (χ0n) is 31.7. The summed E-state index contributed by atoms with van der Waals surface area (Å²) in [5, 5.41) is 0. The van der Waals surface area contributed by atoms with Crippen LogP contribution in [0.4, 0.5) is 0 Å². The van der Waals surface area contributed by atoms with E-state index >= 15 is 0 Å². The summed E-state index contributed by atoms with van der Waals surface area (Å²) in [6.45, 7) is 13.5. The monoisotopic (exact) mass is 675 g/mol. The summed E-state index contributed by atoms with van der Waals surface area (Å²) in [5.41, 5.74) is 0. The van der Waals surface area contributed by atoms with Crippen molar-refractivity contribution in [1.82, 2.24) is 0 Å². The Morgan fingerprint density at radius 3 is 0.511 bits per heavy atom. The van der Waals surface area contributed by atoms with Crippen molar-refractivity contribution in [2.45, 2.75) is 168 Å². The van der Waals surface area contributed by atoms with Crippen LogP contribution in [0.3, 0.4) is 0 Å². The first-order valence-corrected chi connectivity index (χ1v) is 20.5. The number of hydrogen-bond donors (Lipinski definition) is 0. The van der Waals surface area contributed by atoms with Crippen LogP contribution in [0.1, 0.15) is 168 Å². The topological polar surface area (TPSA) is 64.6 Å². The van der Waals surface area contributed by atoms with E-state index in [0.717, 1.165) is 26.1 Å². The van der Waals surface area contributed by atoms with Crippen LogP contribution in [0.25, 0.3) is 0 Å². The van der Waals surface area contributed by atoms with Crippen LogP contribution >= 0.6 is 0 Å². The first-order chi connectivity index (χ1) is 23.4. The van der Waals surface area contributed by atoms with Gasteiger partial charge < -0.3 is 33.2 Å². The molecule has 0 aromatic carbocycles. The van der Waals surface area contributed by atoms with Crippen LogP contribution in [0.5, 0.6) is 0 Å². The average Bonchev–Trinajstić information content (AvgIpc) is 3.08. The molecule has 0 amide bonds. The van der Waals surface area contributed by atoms with Crippen molar-refractivity contribution in [1.29, 1.82) is 0 Å². The normalized spacial score (nSPS) is 11.6. The molecule has 0 spiro atoms. The smallest absolute Gasteiger partial charge is 0.0701 e. The molecule has 7 nitrogen and oxygen atoms in total. The lowest BCUT2D eigenvalue weighted by Crippen LogP contribution is -2.14. The molecule has 0 saturated carbocycles. The minimum Gasteiger partial charge on any atom is -0.379 e. The van der Waals surface area contributed by atoms with Gasteiger partial charge in [0.2, 0.25) is 0 Å². The van der Waals surface area contributed by atoms with Crippen molar-refractivity contribution in [2.75, 3.05) is 92.5 Å². The van der Waals surface area contributed by atoms with Crippen LogP contribution in [0.15, 0.2) is 0 Å². The molecule has 0 aromatic heterocycles. The van der Waals surface area contributed by atoms with Crippen LogP contribution in [-0.2, 0) is 33.2 Å². The predicted octanol–water partition coefficient (Wildman–Crippen LogP) is 10.5. The second kappa shape index (κ2) is 45.7. The third-order valence-electron chi connectivity index (χ3n) is 8.52. The Bertz CT molecular complexity index is 479. The SMILES string of the molecule is CCCCCCCCCCCCCCCCCCOCCOCCOCCOCCOCCOCCOCCCCCCCCCC. The van der Waals surface area contributed by atoms with Crippen LogP contribution in [0, 0.1) is 0 Å². The Morgan fingerprint density at radius 1 is 0.170 bits per heavy atom. The second-order valence-electron chi connectivity index (χ2n) is 13.1. The lowest BCUT2D eigenvalue weighted by molar-refractivity contribution is -0.0206. The van der Waals surface area contributed by atoms with Gasteiger partial charge in [-0.05, 0) is 12.8 Å². The second-order valence-corrected chi connectivity index (χ2v) is 13.1. The molecule has 0 radical (unpaired) electrons. The van der Waals surface area contributed by atoms with E-state index in [0.29, 0.717) is 79.3 Å². The molecule has 7 heteroatoms. The number of rotatable bonds is 44. The highest BCUT2D eigenvalue weighted by molar-refractivity contribution is 4.50. The minimum absolute atomic E-state index is 0.568. The fourth-order valence-corrected chi connectivity index (χ4v) is 5.51. The number of ether oxygens (including phenoxy) is 7. The summed E-state index contributed by atoms with van der Waals surface area (Å²) >= 11 is 0. The van der Waals surface area contributed by atoms with Gasteiger partial charge in [-0.2, -0.15) is 0 Å². The summed E-state index contributed by atoms with van der Waals surface area (Å²) in [6, 6.07) is 0. The maximum absolute atomic E-state index is 5.70. The fourth-order valence-electron chi connectivity index (χ4n) is 5.51. The van der Waals surface area contributed by atoms with E-state index in [-0.39, 0.29) is 0 Å². The first kappa shape index (κ1) is 46.7. The Balaban J connectivity index is 3.03. The summed E-state index contributed by atoms with van der Waals surface area (Å²) in [6.07, 6.45) is 32.9. The standard InChI is InChI=1S/C40H82O7/c1-3-5-7-9-11-13-14-15-16-17-18-19-20-22-24-26-28-42-30-32-44-34-36-46-38-40-47-39-37-45-35-33-43-31-29-41-27-25-23-21-12-10-8-6-4-2/h3-40H2,1-2H3. The van der Waals surface area contributed by atoms with Crippen LogP contribution in [0.2, 0.25) is 0 Å². The van der Waals surface area contributed by atoms with Crippen molar-refractivity contribution in [2.24, 2.45) is 0 Å². The quantitative estimate of drug-likeness (QED) is 0.0596. The van der Waals surface area contributed by atoms with E-state index in [2.05, 4.69) is 13.8 Å². The molecule has 0 saturated heterocycles. The maximum atomic E-state index is 5.70. The summed E-state index contributed by atoms with van der Waals surface area (Å²) < 4.78 is 39.1. The lowest BCUT2D eigenvalue weighted by atomic mass is 10.0. The van der Waals surface area contributed by atoms with Gasteiger partial charge in [-0.15, -0.1) is 0 Å². The number of unbranched alkanes of at least 4 members (excludes halogenated alkanes) is 22. The molecule has 47 heavy (non-hydrogen) atoms. The van der Waals surface area contributed by atoms with Gasteiger partial charge in [0.15, 0.2) is 0 Å². The third-order valence-corrected chi connectivity index (χ3v) is 8.52. The van der Waals surface area contributed by atoms with Gasteiger partial charge >= 0.3 is 0 Å². The van der Waals surface area contributed by atoms with Crippen LogP contribution < -0.4 is 0 Å². The average molecular weight is 675 g/mol. The van der Waals surface area contributed by atoms with E-state index in [1.165, 1.54) is 141 Å². The molecule has 0 heterocycles. The summed E-state index contributed by atoms with van der Waals surface area (Å²) in [4.78, 5) is 0. The van der Waals surface area contributed by atoms with Gasteiger partial charge in [-0.3, -0.25) is 0 Å². The van der Waals surface area contributed by atoms with Gasteiger partial charge in [0.05, 0.1) is 79.3 Å². The molecule has 284 valence electrons. The van der Waals surface area contributed by atoms with Gasteiger partial charge in [0, 0.05) is 13.2 Å². The van der Waals surface area contributed by atoms with Gasteiger partial charge in [0.25, 0.3) is 0 Å². The van der Waals surface area contributed by atoms with Crippen molar-refractivity contribution in [3.63, 3.8) is 0 Å². The fraction of sp³-hybridized carbons (Fsp3) is 1.00. The Hall–Kier alpha value is -0.280. The molecule has 0 aliphatic rings. The molecule has 0 aliphatic heterocycles. The predicted molar refractivity (Wildman–Crippen MR) is 198 cm³/mol. The van der Waals surface area contributed by atoms with E-state index < -0.39 is 0 Å². The Labute approximate surface area is 293 Å². The Kier molecular flexibility index (Phi) is 45.4. The van der Waals surface area contributed by atoms with Gasteiger partial charge in [0.1, 0.15) is 0 Å². The van der Waals surface area contributed by atoms with Gasteiger partial charge in [-0.25, -0.2) is 0 Å². The van der Waals surface area contributed by atoms with Crippen molar-refractivity contribution in [3.8, 4) is 0 Å². The molecule has 0 N–H and O–H groups in total. The number of hydrogen-bond acceptors (Lipinski definition) is 7. The van der Waals surface area contributed by atoms with E-state index in [1.807, 2.05) is 0 Å². The first-order valence-electron chi connectivity index (χ1n) is 20.5. The third kappa shape index (κ3) is 45.7. The molecule has 0 fully saturated rings. The maximum Gasteiger partial charge on any atom is 0.0701 e. The molecule has 0 rings (SSSR count). The molecular weight excluding hydrogens is 592 g/mol. The van der Waals surface area contributed by atoms with Gasteiger partial charge in [-0.1, -0.05) is 155 Å². The molecule has 0 atom stereocenters. The zero-order chi connectivity index (χ0) is 33.8.